The highest BCUT2D eigenvalue weighted by Gasteiger charge is 2.27. The Morgan fingerprint density at radius 2 is 1.08 bits per heavy atom. The second kappa shape index (κ2) is 38.6. The number of aliphatic hydroxyl groups excluding tert-OH is 1. The summed E-state index contributed by atoms with van der Waals surface area (Å²) in [6, 6.07) is 0. The predicted octanol–water partition coefficient (Wildman–Crippen LogP) is 11.1. The molecular weight excluding hydrogens is 765 g/mol. The second-order valence-corrected chi connectivity index (χ2v) is 16.3. The summed E-state index contributed by atoms with van der Waals surface area (Å²) in [6.07, 6.45) is 50.1. The molecule has 0 aromatic heterocycles. The van der Waals surface area contributed by atoms with Crippen molar-refractivity contribution in [3.05, 3.63) is 122 Å². The van der Waals surface area contributed by atoms with E-state index in [9.17, 15) is 24.2 Å². The van der Waals surface area contributed by atoms with Gasteiger partial charge in [0, 0.05) is 12.8 Å². The normalized spacial score (nSPS) is 15.3. The summed E-state index contributed by atoms with van der Waals surface area (Å²) in [5.41, 5.74) is 0. The van der Waals surface area contributed by atoms with Gasteiger partial charge in [-0.2, -0.15) is 0 Å². The number of carbonyl (C=O) groups excluding carboxylic acids is 2. The van der Waals surface area contributed by atoms with Crippen LogP contribution in [0.4, 0.5) is 0 Å². The Hall–Kier alpha value is -3.63. The van der Waals surface area contributed by atoms with Crippen molar-refractivity contribution in [1.29, 1.82) is 0 Å². The maximum atomic E-state index is 12.7. The largest absolute Gasteiger partial charge is 0.472 e. The van der Waals surface area contributed by atoms with Crippen LogP contribution in [0.1, 0.15) is 110 Å². The molecule has 0 rings (SSSR count). The number of nitrogens with zero attached hydrogens (tertiary/aromatic N) is 1. The van der Waals surface area contributed by atoms with E-state index in [0.29, 0.717) is 36.7 Å². The number of ether oxygens (including phenoxy) is 2. The summed E-state index contributed by atoms with van der Waals surface area (Å²) in [6.45, 7) is 3.85. The summed E-state index contributed by atoms with van der Waals surface area (Å²) < 4.78 is 34.0. The fraction of sp³-hybridized carbons (Fsp3) is 0.542. The van der Waals surface area contributed by atoms with Gasteiger partial charge in [-0.15, -0.1) is 0 Å². The minimum Gasteiger partial charge on any atom is -0.462 e. The number of phosphoric acid groups is 1. The third-order valence-corrected chi connectivity index (χ3v) is 9.08. The van der Waals surface area contributed by atoms with Crippen molar-refractivity contribution in [2.75, 3.05) is 47.5 Å². The number of hydrogen-bond donors (Lipinski definition) is 2. The third-order valence-electron chi connectivity index (χ3n) is 8.09. The van der Waals surface area contributed by atoms with Gasteiger partial charge < -0.3 is 24.0 Å². The molecule has 0 spiro atoms. The first kappa shape index (κ1) is 55.4. The summed E-state index contributed by atoms with van der Waals surface area (Å²) >= 11 is 0. The molecule has 59 heavy (non-hydrogen) atoms. The molecule has 2 unspecified atom stereocenters. The van der Waals surface area contributed by atoms with E-state index >= 15 is 0 Å². The molecule has 0 aromatic carbocycles. The van der Waals surface area contributed by atoms with Crippen molar-refractivity contribution < 1.29 is 47.2 Å². The maximum Gasteiger partial charge on any atom is 0.472 e. The predicted molar refractivity (Wildman–Crippen MR) is 243 cm³/mol. The van der Waals surface area contributed by atoms with Gasteiger partial charge >= 0.3 is 19.8 Å². The average molecular weight is 843 g/mol. The van der Waals surface area contributed by atoms with Crippen LogP contribution in [-0.4, -0.2) is 86.1 Å². The summed E-state index contributed by atoms with van der Waals surface area (Å²) in [7, 11) is 1.31. The lowest BCUT2D eigenvalue weighted by Crippen LogP contribution is -2.37. The van der Waals surface area contributed by atoms with Gasteiger partial charge in [-0.3, -0.25) is 18.6 Å². The zero-order valence-electron chi connectivity index (χ0n) is 36.8. The van der Waals surface area contributed by atoms with Gasteiger partial charge in [-0.25, -0.2) is 4.57 Å². The van der Waals surface area contributed by atoms with Crippen molar-refractivity contribution in [2.45, 2.75) is 122 Å². The number of unbranched alkanes of at least 4 members (excludes halogenated alkanes) is 1. The van der Waals surface area contributed by atoms with Crippen LogP contribution in [0.3, 0.4) is 0 Å². The lowest BCUT2D eigenvalue weighted by atomic mass is 10.1. The van der Waals surface area contributed by atoms with Crippen LogP contribution in [0.25, 0.3) is 0 Å². The minimum absolute atomic E-state index is 0.0169. The van der Waals surface area contributed by atoms with E-state index < -0.39 is 38.6 Å². The van der Waals surface area contributed by atoms with E-state index in [2.05, 4.69) is 98.9 Å². The number of rotatable bonds is 36. The molecule has 0 aromatic rings. The fourth-order valence-electron chi connectivity index (χ4n) is 4.78. The molecule has 0 fully saturated rings. The first-order chi connectivity index (χ1) is 28.4. The second-order valence-electron chi connectivity index (χ2n) is 14.8. The van der Waals surface area contributed by atoms with Gasteiger partial charge in [0.15, 0.2) is 6.10 Å². The number of aliphatic hydroxyl groups is 1. The number of phosphoric ester groups is 1. The van der Waals surface area contributed by atoms with Crippen molar-refractivity contribution in [3.8, 4) is 0 Å². The molecule has 3 atom stereocenters. The van der Waals surface area contributed by atoms with Crippen molar-refractivity contribution in [1.82, 2.24) is 0 Å². The molecular formula is C48H77NO9P+. The summed E-state index contributed by atoms with van der Waals surface area (Å²) in [4.78, 5) is 35.3. The molecule has 0 aliphatic heterocycles. The average Bonchev–Trinajstić information content (AvgIpc) is 3.18. The van der Waals surface area contributed by atoms with Crippen molar-refractivity contribution >= 4 is 19.8 Å². The summed E-state index contributed by atoms with van der Waals surface area (Å²) in [5, 5.41) is 10.3. The van der Waals surface area contributed by atoms with Gasteiger partial charge in [0.25, 0.3) is 0 Å². The summed E-state index contributed by atoms with van der Waals surface area (Å²) in [5.74, 6) is -1.09. The Morgan fingerprint density at radius 3 is 1.59 bits per heavy atom. The Balaban J connectivity index is 4.70. The SMILES string of the molecule is CC/C=C\C/C=C\C/C=C\C/C=C\C=C\C(O)CCCC(=O)OC[C@H](COP(=O)(O)OCC[N+](C)(C)C)OC(=O)CCC/C=C\C/C=C\C/C=C\C/C=C\C/C=C\CC. The molecule has 2 N–H and O–H groups in total. The molecule has 0 bridgehead atoms. The van der Waals surface area contributed by atoms with Gasteiger partial charge in [0.1, 0.15) is 19.8 Å². The standard InChI is InChI=1S/C48H76NO9P/c1-6-8-10-12-14-16-18-20-21-22-23-25-27-29-31-33-35-39-48(52)58-46(44-57-59(53,54)56-42-41-49(3,4)5)43-55-47(51)40-36-38-45(50)37-34-32-30-28-26-24-19-17-15-13-11-9-7-2/h8-11,14-17,20-21,23-26,29-32,34,37,45-46,50H,6-7,12-13,18-19,22,27-28,33,35-36,38-44H2,1-5H3/p+1/b10-8-,11-9-,16-14-,17-15-,21-20-,25-23-,26-24-,31-29-,32-30-,37-34+/t45?,46-/m1/s1. The molecule has 0 radical (unpaired) electrons. The smallest absolute Gasteiger partial charge is 0.462 e. The highest BCUT2D eigenvalue weighted by molar-refractivity contribution is 7.47. The molecule has 10 nitrogen and oxygen atoms in total. The fourth-order valence-corrected chi connectivity index (χ4v) is 5.52. The van der Waals surface area contributed by atoms with E-state index in [1.54, 1.807) is 12.2 Å². The molecule has 0 aliphatic rings. The van der Waals surface area contributed by atoms with Crippen LogP contribution < -0.4 is 0 Å². The zero-order valence-corrected chi connectivity index (χ0v) is 37.7. The van der Waals surface area contributed by atoms with E-state index in [-0.39, 0.29) is 26.1 Å². The highest BCUT2D eigenvalue weighted by Crippen LogP contribution is 2.43. The number of allylic oxidation sites excluding steroid dienone is 19. The van der Waals surface area contributed by atoms with E-state index in [0.717, 1.165) is 57.8 Å². The van der Waals surface area contributed by atoms with Gasteiger partial charge in [0.2, 0.25) is 0 Å². The van der Waals surface area contributed by atoms with Crippen LogP contribution in [0.15, 0.2) is 122 Å². The lowest BCUT2D eigenvalue weighted by Gasteiger charge is -2.24. The molecule has 0 aliphatic carbocycles. The maximum absolute atomic E-state index is 12.7. The zero-order chi connectivity index (χ0) is 43.7. The Morgan fingerprint density at radius 1 is 0.610 bits per heavy atom. The Labute approximate surface area is 357 Å². The number of quaternary nitrogens is 1. The molecule has 11 heteroatoms. The van der Waals surface area contributed by atoms with Crippen LogP contribution in [0.2, 0.25) is 0 Å². The molecule has 0 amide bonds. The van der Waals surface area contributed by atoms with Crippen LogP contribution >= 0.6 is 7.82 Å². The van der Waals surface area contributed by atoms with Gasteiger partial charge in [-0.05, 0) is 83.5 Å². The Bertz CT molecular complexity index is 1430. The third kappa shape index (κ3) is 42.3. The van der Waals surface area contributed by atoms with Gasteiger partial charge in [-0.1, -0.05) is 135 Å². The molecule has 0 saturated heterocycles. The van der Waals surface area contributed by atoms with Crippen LogP contribution in [0, 0.1) is 0 Å². The van der Waals surface area contributed by atoms with Crippen molar-refractivity contribution in [2.24, 2.45) is 0 Å². The van der Waals surface area contributed by atoms with Gasteiger partial charge in [0.05, 0.1) is 33.9 Å². The molecule has 0 heterocycles. The molecule has 0 saturated carbocycles. The van der Waals surface area contributed by atoms with E-state index in [4.69, 9.17) is 18.5 Å². The monoisotopic (exact) mass is 843 g/mol. The highest BCUT2D eigenvalue weighted by atomic mass is 31.2. The first-order valence-corrected chi connectivity index (χ1v) is 22.9. The number of carbonyl (C=O) groups is 2. The van der Waals surface area contributed by atoms with Crippen molar-refractivity contribution in [3.63, 3.8) is 0 Å². The first-order valence-electron chi connectivity index (χ1n) is 21.4. The van der Waals surface area contributed by atoms with Crippen LogP contribution in [0.5, 0.6) is 0 Å². The van der Waals surface area contributed by atoms with E-state index in [1.165, 1.54) is 0 Å². The molecule has 332 valence electrons. The van der Waals surface area contributed by atoms with E-state index in [1.807, 2.05) is 45.4 Å². The topological polar surface area (TPSA) is 129 Å². The number of esters is 2. The minimum atomic E-state index is -4.45. The Kier molecular flexibility index (Phi) is 36.2. The lowest BCUT2D eigenvalue weighted by molar-refractivity contribution is -0.870. The number of hydrogen-bond acceptors (Lipinski definition) is 8. The quantitative estimate of drug-likeness (QED) is 0.0158. The number of likely N-dealkylation sites (N-methyl/N-ethyl adjacent to an activating group) is 1. The van der Waals surface area contributed by atoms with Crippen LogP contribution in [-0.2, 0) is 32.7 Å².